The van der Waals surface area contributed by atoms with E-state index in [-0.39, 0.29) is 6.09 Å². The smallest absolute Gasteiger partial charge is 0.414 e. The molecule has 96 valence electrons. The summed E-state index contributed by atoms with van der Waals surface area (Å²) in [5.41, 5.74) is 1.39. The number of nitrogens with zero attached hydrogens (tertiary/aromatic N) is 1. The van der Waals surface area contributed by atoms with Gasteiger partial charge >= 0.3 is 6.09 Å². The van der Waals surface area contributed by atoms with E-state index >= 15 is 0 Å². The molecule has 0 saturated heterocycles. The largest absolute Gasteiger partial charge is 0.443 e. The number of fused-ring (bicyclic) bond motifs is 1. The van der Waals surface area contributed by atoms with Gasteiger partial charge in [-0.2, -0.15) is 0 Å². The van der Waals surface area contributed by atoms with Gasteiger partial charge in [0.05, 0.1) is 0 Å². The van der Waals surface area contributed by atoms with Crippen LogP contribution in [0.15, 0.2) is 30.5 Å². The van der Waals surface area contributed by atoms with Crippen molar-refractivity contribution >= 4 is 22.7 Å². The Kier molecular flexibility index (Phi) is 3.03. The molecule has 0 aliphatic heterocycles. The van der Waals surface area contributed by atoms with Crippen molar-refractivity contribution in [3.05, 3.63) is 30.5 Å². The van der Waals surface area contributed by atoms with E-state index in [1.165, 1.54) is 4.90 Å². The molecule has 1 heterocycles. The SMILES string of the molecule is CN(C(=O)OC(C)(C)C)c1ccc2[nH]ccc2c1. The molecule has 18 heavy (non-hydrogen) atoms. The number of anilines is 1. The number of aromatic amines is 1. The molecule has 4 heteroatoms. The second-order valence-electron chi connectivity index (χ2n) is 5.29. The topological polar surface area (TPSA) is 45.3 Å². The first-order valence-corrected chi connectivity index (χ1v) is 5.91. The van der Waals surface area contributed by atoms with Crippen LogP contribution in [0.1, 0.15) is 20.8 Å². The van der Waals surface area contributed by atoms with Crippen LogP contribution in [0, 0.1) is 0 Å². The summed E-state index contributed by atoms with van der Waals surface area (Å²) < 4.78 is 5.33. The van der Waals surface area contributed by atoms with Crippen molar-refractivity contribution in [2.24, 2.45) is 0 Å². The van der Waals surface area contributed by atoms with Crippen molar-refractivity contribution in [2.75, 3.05) is 11.9 Å². The first-order valence-electron chi connectivity index (χ1n) is 5.91. The van der Waals surface area contributed by atoms with Gasteiger partial charge in [-0.05, 0) is 45.0 Å². The normalized spacial score (nSPS) is 11.6. The predicted octanol–water partition coefficient (Wildman–Crippen LogP) is 3.54. The second-order valence-corrected chi connectivity index (χ2v) is 5.29. The first kappa shape index (κ1) is 12.5. The highest BCUT2D eigenvalue weighted by molar-refractivity contribution is 5.91. The summed E-state index contributed by atoms with van der Waals surface area (Å²) in [6.07, 6.45) is 1.53. The molecule has 0 atom stereocenters. The predicted molar refractivity (Wildman–Crippen MR) is 72.9 cm³/mol. The molecule has 0 bridgehead atoms. The number of benzene rings is 1. The Morgan fingerprint density at radius 3 is 2.67 bits per heavy atom. The summed E-state index contributed by atoms with van der Waals surface area (Å²) in [4.78, 5) is 16.6. The van der Waals surface area contributed by atoms with E-state index in [1.54, 1.807) is 7.05 Å². The highest BCUT2D eigenvalue weighted by Crippen LogP contribution is 2.22. The highest BCUT2D eigenvalue weighted by Gasteiger charge is 2.20. The van der Waals surface area contributed by atoms with E-state index in [9.17, 15) is 4.79 Å². The summed E-state index contributed by atoms with van der Waals surface area (Å²) in [5, 5.41) is 1.07. The molecule has 2 rings (SSSR count). The maximum Gasteiger partial charge on any atom is 0.414 e. The monoisotopic (exact) mass is 246 g/mol. The summed E-state index contributed by atoms with van der Waals surface area (Å²) in [6.45, 7) is 5.57. The van der Waals surface area contributed by atoms with Gasteiger partial charge in [-0.15, -0.1) is 0 Å². The minimum Gasteiger partial charge on any atom is -0.443 e. The third kappa shape index (κ3) is 2.64. The van der Waals surface area contributed by atoms with E-state index in [1.807, 2.05) is 51.2 Å². The molecule has 0 aliphatic rings. The fourth-order valence-electron chi connectivity index (χ4n) is 1.69. The Labute approximate surface area is 107 Å². The van der Waals surface area contributed by atoms with Gasteiger partial charge in [-0.3, -0.25) is 4.90 Å². The Morgan fingerprint density at radius 2 is 2.00 bits per heavy atom. The van der Waals surface area contributed by atoms with Crippen molar-refractivity contribution in [3.8, 4) is 0 Å². The molecule has 0 fully saturated rings. The van der Waals surface area contributed by atoms with E-state index in [0.29, 0.717) is 0 Å². The van der Waals surface area contributed by atoms with Gasteiger partial charge in [0.2, 0.25) is 0 Å². The fraction of sp³-hybridized carbons (Fsp3) is 0.357. The van der Waals surface area contributed by atoms with Crippen LogP contribution >= 0.6 is 0 Å². The average Bonchev–Trinajstić information content (AvgIpc) is 2.72. The molecule has 1 amide bonds. The second kappa shape index (κ2) is 4.37. The van der Waals surface area contributed by atoms with Gasteiger partial charge in [-0.25, -0.2) is 4.79 Å². The molecule has 0 unspecified atom stereocenters. The van der Waals surface area contributed by atoms with Crippen LogP contribution in [0.5, 0.6) is 0 Å². The number of carbonyl (C=O) groups is 1. The number of carbonyl (C=O) groups excluding carboxylic acids is 1. The van der Waals surface area contributed by atoms with E-state index < -0.39 is 5.60 Å². The van der Waals surface area contributed by atoms with Crippen molar-refractivity contribution in [1.29, 1.82) is 0 Å². The molecule has 1 aromatic heterocycles. The lowest BCUT2D eigenvalue weighted by atomic mass is 10.2. The van der Waals surface area contributed by atoms with Gasteiger partial charge in [0.1, 0.15) is 5.60 Å². The summed E-state index contributed by atoms with van der Waals surface area (Å²) in [5.74, 6) is 0. The number of amides is 1. The lowest BCUT2D eigenvalue weighted by Crippen LogP contribution is -2.34. The van der Waals surface area contributed by atoms with Gasteiger partial charge in [0, 0.05) is 29.8 Å². The van der Waals surface area contributed by atoms with E-state index in [2.05, 4.69) is 4.98 Å². The Bertz CT molecular complexity index is 566. The summed E-state index contributed by atoms with van der Waals surface area (Å²) >= 11 is 0. The van der Waals surface area contributed by atoms with Crippen LogP contribution in [0.2, 0.25) is 0 Å². The molecular formula is C14H18N2O2. The Morgan fingerprint density at radius 1 is 1.28 bits per heavy atom. The first-order chi connectivity index (χ1) is 8.37. The number of H-pyrrole nitrogens is 1. The summed E-state index contributed by atoms with van der Waals surface area (Å²) in [6, 6.07) is 7.77. The molecule has 1 aromatic carbocycles. The molecule has 2 aromatic rings. The maximum absolute atomic E-state index is 11.9. The van der Waals surface area contributed by atoms with E-state index in [0.717, 1.165) is 16.6 Å². The van der Waals surface area contributed by atoms with Crippen LogP contribution < -0.4 is 4.90 Å². The molecule has 0 radical (unpaired) electrons. The fourth-order valence-corrected chi connectivity index (χ4v) is 1.69. The number of hydrogen-bond donors (Lipinski definition) is 1. The zero-order valence-corrected chi connectivity index (χ0v) is 11.2. The lowest BCUT2D eigenvalue weighted by molar-refractivity contribution is 0.0589. The molecule has 1 N–H and O–H groups in total. The minimum absolute atomic E-state index is 0.350. The Hall–Kier alpha value is -1.97. The van der Waals surface area contributed by atoms with Crippen molar-refractivity contribution in [1.82, 2.24) is 4.98 Å². The number of rotatable bonds is 1. The zero-order valence-electron chi connectivity index (χ0n) is 11.2. The quantitative estimate of drug-likeness (QED) is 0.836. The average molecular weight is 246 g/mol. The van der Waals surface area contributed by atoms with Crippen molar-refractivity contribution < 1.29 is 9.53 Å². The zero-order chi connectivity index (χ0) is 13.3. The van der Waals surface area contributed by atoms with Crippen LogP contribution in [0.4, 0.5) is 10.5 Å². The lowest BCUT2D eigenvalue weighted by Gasteiger charge is -2.24. The van der Waals surface area contributed by atoms with E-state index in [4.69, 9.17) is 4.74 Å². The molecule has 0 aliphatic carbocycles. The maximum atomic E-state index is 11.9. The van der Waals surface area contributed by atoms with Crippen LogP contribution in [-0.4, -0.2) is 23.7 Å². The molecule has 4 nitrogen and oxygen atoms in total. The van der Waals surface area contributed by atoms with Gasteiger partial charge in [0.25, 0.3) is 0 Å². The summed E-state index contributed by atoms with van der Waals surface area (Å²) in [7, 11) is 1.71. The van der Waals surface area contributed by atoms with Crippen molar-refractivity contribution in [2.45, 2.75) is 26.4 Å². The van der Waals surface area contributed by atoms with Crippen LogP contribution in [0.25, 0.3) is 10.9 Å². The number of ether oxygens (including phenoxy) is 1. The van der Waals surface area contributed by atoms with Crippen LogP contribution in [-0.2, 0) is 4.74 Å². The molecule has 0 saturated carbocycles. The van der Waals surface area contributed by atoms with Gasteiger partial charge in [0.15, 0.2) is 0 Å². The Balaban J connectivity index is 2.22. The molecule has 0 spiro atoms. The number of aromatic nitrogens is 1. The van der Waals surface area contributed by atoms with Crippen LogP contribution in [0.3, 0.4) is 0 Å². The van der Waals surface area contributed by atoms with Crippen molar-refractivity contribution in [3.63, 3.8) is 0 Å². The molecular weight excluding hydrogens is 228 g/mol. The third-order valence-corrected chi connectivity index (χ3v) is 2.59. The van der Waals surface area contributed by atoms with Gasteiger partial charge in [-0.1, -0.05) is 0 Å². The minimum atomic E-state index is -0.483. The standard InChI is InChI=1S/C14H18N2O2/c1-14(2,3)18-13(17)16(4)11-5-6-12-10(9-11)7-8-15-12/h5-9,15H,1-4H3. The number of nitrogens with one attached hydrogen (secondary N) is 1. The number of hydrogen-bond acceptors (Lipinski definition) is 2. The van der Waals surface area contributed by atoms with Gasteiger partial charge < -0.3 is 9.72 Å². The third-order valence-electron chi connectivity index (χ3n) is 2.59. The highest BCUT2D eigenvalue weighted by atomic mass is 16.6.